The van der Waals surface area contributed by atoms with Crippen LogP contribution in [0.3, 0.4) is 0 Å². The number of anilines is 1. The lowest BCUT2D eigenvalue weighted by Crippen LogP contribution is -2.30. The fourth-order valence-corrected chi connectivity index (χ4v) is 5.69. The predicted octanol–water partition coefficient (Wildman–Crippen LogP) is 4.89. The smallest absolute Gasteiger partial charge is 0.197 e. The number of likely N-dealkylation sites (tertiary alicyclic amines) is 1. The molecule has 1 unspecified atom stereocenters. The maximum absolute atomic E-state index is 13.1. The maximum atomic E-state index is 13.1. The number of nitrogens with zero attached hydrogens (tertiary/aromatic N) is 3. The summed E-state index contributed by atoms with van der Waals surface area (Å²) < 4.78 is 18.3. The third-order valence-corrected chi connectivity index (χ3v) is 8.11. The first-order chi connectivity index (χ1) is 16.0. The van der Waals surface area contributed by atoms with Gasteiger partial charge in [-0.3, -0.25) is 4.68 Å². The molecule has 7 heteroatoms. The number of aryl methyl sites for hydroxylation is 2. The zero-order chi connectivity index (χ0) is 23.2. The van der Waals surface area contributed by atoms with Crippen LogP contribution in [0.5, 0.6) is 0 Å². The molecule has 2 N–H and O–H groups in total. The molecule has 2 aromatic carbocycles. The van der Waals surface area contributed by atoms with Gasteiger partial charge < -0.3 is 10.4 Å². The normalized spacial score (nSPS) is 15.6. The van der Waals surface area contributed by atoms with E-state index >= 15 is 0 Å². The molecule has 0 aliphatic carbocycles. The van der Waals surface area contributed by atoms with Gasteiger partial charge in [-0.2, -0.15) is 9.82 Å². The minimum atomic E-state index is -1.74. The first-order valence-electron chi connectivity index (χ1n) is 12.1. The zero-order valence-corrected chi connectivity index (χ0v) is 21.5. The molecule has 1 aliphatic heterocycles. The summed E-state index contributed by atoms with van der Waals surface area (Å²) in [5.74, 6) is 0.881. The van der Waals surface area contributed by atoms with Crippen LogP contribution in [0.1, 0.15) is 48.2 Å². The van der Waals surface area contributed by atoms with E-state index in [9.17, 15) is 4.21 Å². The van der Waals surface area contributed by atoms with Gasteiger partial charge in [0, 0.05) is 13.5 Å². The van der Waals surface area contributed by atoms with E-state index in [4.69, 9.17) is 0 Å². The van der Waals surface area contributed by atoms with E-state index in [1.165, 1.54) is 49.9 Å². The molecular weight excluding hydrogens is 444 g/mol. The van der Waals surface area contributed by atoms with Crippen molar-refractivity contribution in [3.05, 3.63) is 77.1 Å². The average molecular weight is 483 g/mol. The highest BCUT2D eigenvalue weighted by molar-refractivity contribution is 7.86. The summed E-state index contributed by atoms with van der Waals surface area (Å²) in [7, 11) is 2.41. The van der Waals surface area contributed by atoms with Gasteiger partial charge in [0.15, 0.2) is 15.9 Å². The van der Waals surface area contributed by atoms with E-state index in [1.807, 2.05) is 49.0 Å². The molecule has 34 heavy (non-hydrogen) atoms. The first-order valence-corrected chi connectivity index (χ1v) is 13.3. The minimum absolute atomic E-state index is 0. The van der Waals surface area contributed by atoms with Crippen LogP contribution < -0.4 is 4.72 Å². The monoisotopic (exact) mass is 482 g/mol. The van der Waals surface area contributed by atoms with Gasteiger partial charge in [0.25, 0.3) is 0 Å². The van der Waals surface area contributed by atoms with E-state index in [0.717, 1.165) is 34.3 Å². The molecule has 1 aliphatic rings. The van der Waals surface area contributed by atoms with Crippen LogP contribution in [-0.4, -0.2) is 40.3 Å². The predicted molar refractivity (Wildman–Crippen MR) is 140 cm³/mol. The van der Waals surface area contributed by atoms with Crippen molar-refractivity contribution >= 4 is 16.7 Å². The van der Waals surface area contributed by atoms with Crippen LogP contribution in [0.2, 0.25) is 0 Å². The van der Waals surface area contributed by atoms with Crippen molar-refractivity contribution in [3.63, 3.8) is 0 Å². The topological polar surface area (TPSA) is 80.2 Å². The number of piperidine rings is 1. The Morgan fingerprint density at radius 1 is 1.00 bits per heavy atom. The van der Waals surface area contributed by atoms with Crippen molar-refractivity contribution in [2.75, 3.05) is 24.9 Å². The fraction of sp³-hybridized carbons (Fsp3) is 0.444. The summed E-state index contributed by atoms with van der Waals surface area (Å²) in [6.45, 7) is 4.49. The zero-order valence-electron chi connectivity index (χ0n) is 20.6. The third kappa shape index (κ3) is 6.78. The molecule has 184 valence electrons. The SMILES string of the molecule is Cc1c(N[SH+](=O)c2ccc(CCCC3CCN(C)CC3)cc2)c(Cc2ccccc2)nn1C.[OH-]. The van der Waals surface area contributed by atoms with E-state index in [2.05, 4.69) is 46.0 Å². The summed E-state index contributed by atoms with van der Waals surface area (Å²) in [6, 6.07) is 18.6. The van der Waals surface area contributed by atoms with Gasteiger partial charge >= 0.3 is 0 Å². The van der Waals surface area contributed by atoms with Crippen molar-refractivity contribution in [1.82, 2.24) is 14.7 Å². The van der Waals surface area contributed by atoms with Crippen molar-refractivity contribution in [3.8, 4) is 0 Å². The van der Waals surface area contributed by atoms with E-state index < -0.39 is 11.0 Å². The van der Waals surface area contributed by atoms with Gasteiger partial charge in [-0.15, -0.1) is 0 Å². The molecule has 4 rings (SSSR count). The van der Waals surface area contributed by atoms with Crippen LogP contribution in [-0.2, 0) is 35.1 Å². The van der Waals surface area contributed by atoms with Gasteiger partial charge in [-0.1, -0.05) is 53.1 Å². The van der Waals surface area contributed by atoms with E-state index in [1.54, 1.807) is 0 Å². The quantitative estimate of drug-likeness (QED) is 0.348. The lowest BCUT2D eigenvalue weighted by molar-refractivity contribution is 0.210. The molecule has 6 nitrogen and oxygen atoms in total. The molecule has 2 heterocycles. The Morgan fingerprint density at radius 2 is 1.68 bits per heavy atom. The van der Waals surface area contributed by atoms with Crippen LogP contribution in [0, 0.1) is 12.8 Å². The van der Waals surface area contributed by atoms with Gasteiger partial charge in [0.2, 0.25) is 0 Å². The Labute approximate surface area is 206 Å². The summed E-state index contributed by atoms with van der Waals surface area (Å²) in [6.07, 6.45) is 7.03. The Kier molecular flexibility index (Phi) is 9.45. The summed E-state index contributed by atoms with van der Waals surface area (Å²) >= 11 is 0. The van der Waals surface area contributed by atoms with Crippen LogP contribution in [0.25, 0.3) is 0 Å². The van der Waals surface area contributed by atoms with Gasteiger partial charge in [0.1, 0.15) is 5.69 Å². The Morgan fingerprint density at radius 3 is 2.35 bits per heavy atom. The summed E-state index contributed by atoms with van der Waals surface area (Å²) in [5, 5.41) is 4.67. The average Bonchev–Trinajstić information content (AvgIpc) is 3.08. The van der Waals surface area contributed by atoms with Crippen molar-refractivity contribution < 1.29 is 9.69 Å². The van der Waals surface area contributed by atoms with Crippen molar-refractivity contribution in [2.24, 2.45) is 13.0 Å². The molecule has 1 aromatic heterocycles. The molecule has 0 amide bonds. The second-order valence-electron chi connectivity index (χ2n) is 9.40. The number of nitrogens with one attached hydrogen (secondary N) is 1. The Hall–Kier alpha value is -2.48. The highest BCUT2D eigenvalue weighted by Gasteiger charge is 2.20. The first kappa shape index (κ1) is 26.1. The van der Waals surface area contributed by atoms with Crippen molar-refractivity contribution in [2.45, 2.75) is 50.3 Å². The number of hydrogen-bond donors (Lipinski definition) is 1. The molecule has 0 spiro atoms. The third-order valence-electron chi connectivity index (χ3n) is 6.92. The molecule has 0 bridgehead atoms. The molecule has 1 saturated heterocycles. The summed E-state index contributed by atoms with van der Waals surface area (Å²) in [5.41, 5.74) is 5.32. The minimum Gasteiger partial charge on any atom is -0.870 e. The maximum Gasteiger partial charge on any atom is 0.197 e. The van der Waals surface area contributed by atoms with E-state index in [-0.39, 0.29) is 5.48 Å². The lowest BCUT2D eigenvalue weighted by Gasteiger charge is -2.28. The standard InChI is InChI=1S/C27H36N4OS.H2O/c1-21-27(26(28-31(21)3)20-24-8-5-4-6-9-24)29-33(32)25-14-12-22(13-15-25)10-7-11-23-16-18-30(2)19-17-23;/h4-6,8-9,12-15,23H,7,10-11,16-20H2,1-3H3,(H,29,32);1H2. The number of benzene rings is 2. The van der Waals surface area contributed by atoms with Crippen molar-refractivity contribution in [1.29, 1.82) is 0 Å². The van der Waals surface area contributed by atoms with Crippen LogP contribution in [0.15, 0.2) is 59.5 Å². The van der Waals surface area contributed by atoms with Crippen LogP contribution in [0.4, 0.5) is 5.69 Å². The number of aromatic nitrogens is 2. The van der Waals surface area contributed by atoms with Gasteiger partial charge in [-0.25, -0.2) is 0 Å². The molecule has 0 radical (unpaired) electrons. The second-order valence-corrected chi connectivity index (χ2v) is 10.7. The lowest BCUT2D eigenvalue weighted by atomic mass is 9.91. The molecule has 3 aromatic rings. The van der Waals surface area contributed by atoms with Crippen LogP contribution >= 0.6 is 0 Å². The van der Waals surface area contributed by atoms with Gasteiger partial charge in [0.05, 0.1) is 11.4 Å². The molecule has 0 saturated carbocycles. The number of hydrogen-bond acceptors (Lipinski definition) is 4. The number of rotatable bonds is 9. The summed E-state index contributed by atoms with van der Waals surface area (Å²) in [4.78, 5) is 3.26. The fourth-order valence-electron chi connectivity index (χ4n) is 4.64. The highest BCUT2D eigenvalue weighted by atomic mass is 32.2. The molecular formula is C27H38N4O2S. The van der Waals surface area contributed by atoms with E-state index in [0.29, 0.717) is 6.42 Å². The highest BCUT2D eigenvalue weighted by Crippen LogP contribution is 2.25. The molecule has 1 atom stereocenters. The Bertz CT molecular complexity index is 1060. The molecule has 1 fully saturated rings. The number of thiol groups is 1. The van der Waals surface area contributed by atoms with Gasteiger partial charge in [-0.05, 0) is 81.9 Å². The Balaban J connectivity index is 0.00000324. The largest absolute Gasteiger partial charge is 0.870 e. The second kappa shape index (κ2) is 12.3.